The number of carbonyl (C=O) groups excluding carboxylic acids is 2. The second-order valence-corrected chi connectivity index (χ2v) is 4.83. The molecule has 1 aliphatic heterocycles. The summed E-state index contributed by atoms with van der Waals surface area (Å²) in [5.74, 6) is -0.0914. The molecule has 0 radical (unpaired) electrons. The van der Waals surface area contributed by atoms with Crippen LogP contribution in [-0.4, -0.2) is 33.8 Å². The molecule has 1 unspecified atom stereocenters. The molecular formula is C13H15N3O2. The number of nitrogens with zero attached hydrogens (tertiary/aromatic N) is 2. The minimum absolute atomic E-state index is 0.0327. The van der Waals surface area contributed by atoms with Crippen LogP contribution >= 0.6 is 0 Å². The van der Waals surface area contributed by atoms with E-state index in [0.29, 0.717) is 13.0 Å². The van der Waals surface area contributed by atoms with Crippen molar-refractivity contribution >= 4 is 11.8 Å². The first-order chi connectivity index (χ1) is 8.75. The maximum Gasteiger partial charge on any atom is 0.247 e. The van der Waals surface area contributed by atoms with Crippen molar-refractivity contribution in [2.24, 2.45) is 0 Å². The van der Waals surface area contributed by atoms with Crippen molar-refractivity contribution in [2.45, 2.75) is 37.9 Å². The summed E-state index contributed by atoms with van der Waals surface area (Å²) in [4.78, 5) is 29.2. The molecule has 1 saturated heterocycles. The molecule has 18 heavy (non-hydrogen) atoms. The van der Waals surface area contributed by atoms with Crippen LogP contribution in [0.2, 0.25) is 0 Å². The summed E-state index contributed by atoms with van der Waals surface area (Å²) >= 11 is 0. The predicted octanol–water partition coefficient (Wildman–Crippen LogP) is 0.461. The van der Waals surface area contributed by atoms with Crippen LogP contribution in [0.15, 0.2) is 24.5 Å². The fraction of sp³-hybridized carbons (Fsp3) is 0.462. The third kappa shape index (κ3) is 2.13. The molecule has 94 valence electrons. The minimum Gasteiger partial charge on any atom is -0.301 e. The molecule has 5 heteroatoms. The highest BCUT2D eigenvalue weighted by Crippen LogP contribution is 2.31. The molecule has 1 aromatic rings. The van der Waals surface area contributed by atoms with E-state index in [2.05, 4.69) is 10.3 Å². The zero-order chi connectivity index (χ0) is 12.5. The van der Waals surface area contributed by atoms with Crippen LogP contribution in [0.5, 0.6) is 0 Å². The van der Waals surface area contributed by atoms with Crippen molar-refractivity contribution < 1.29 is 9.59 Å². The summed E-state index contributed by atoms with van der Waals surface area (Å²) < 4.78 is 0. The summed E-state index contributed by atoms with van der Waals surface area (Å²) in [5.41, 5.74) is 1.06. The fourth-order valence-electron chi connectivity index (χ4n) is 2.27. The summed E-state index contributed by atoms with van der Waals surface area (Å²) in [5, 5.41) is 3.15. The number of pyridine rings is 1. The van der Waals surface area contributed by atoms with E-state index in [9.17, 15) is 9.59 Å². The van der Waals surface area contributed by atoms with E-state index < -0.39 is 0 Å². The molecule has 0 spiro atoms. The Kier molecular flexibility index (Phi) is 2.83. The Morgan fingerprint density at radius 1 is 1.28 bits per heavy atom. The molecule has 0 aromatic carbocycles. The lowest BCUT2D eigenvalue weighted by Crippen LogP contribution is -2.39. The molecular weight excluding hydrogens is 230 g/mol. The number of carbonyl (C=O) groups is 2. The number of amides is 2. The summed E-state index contributed by atoms with van der Waals surface area (Å²) in [6.45, 7) is 0.588. The average molecular weight is 245 g/mol. The van der Waals surface area contributed by atoms with Crippen molar-refractivity contribution in [3.8, 4) is 0 Å². The number of hydrogen-bond acceptors (Lipinski definition) is 4. The van der Waals surface area contributed by atoms with Gasteiger partial charge in [-0.3, -0.25) is 19.5 Å². The monoisotopic (exact) mass is 245 g/mol. The molecule has 2 heterocycles. The van der Waals surface area contributed by atoms with Gasteiger partial charge in [-0.05, 0) is 30.5 Å². The standard InChI is InChI=1S/C13H15N3O2/c17-12-7-11(13(18)16(12)10-1-2-10)15-8-9-3-5-14-6-4-9/h3-6,10-11,15H,1-2,7-8H2. The Balaban J connectivity index is 1.61. The van der Waals surface area contributed by atoms with Gasteiger partial charge in [0.1, 0.15) is 0 Å². The van der Waals surface area contributed by atoms with E-state index in [1.54, 1.807) is 12.4 Å². The maximum absolute atomic E-state index is 12.0. The Hall–Kier alpha value is -1.75. The van der Waals surface area contributed by atoms with E-state index >= 15 is 0 Å². The molecule has 2 aliphatic rings. The van der Waals surface area contributed by atoms with Crippen LogP contribution in [0.1, 0.15) is 24.8 Å². The highest BCUT2D eigenvalue weighted by atomic mass is 16.2. The average Bonchev–Trinajstić information content (AvgIpc) is 3.16. The van der Waals surface area contributed by atoms with Crippen molar-refractivity contribution in [1.29, 1.82) is 0 Å². The smallest absolute Gasteiger partial charge is 0.247 e. The Bertz CT molecular complexity index is 470. The van der Waals surface area contributed by atoms with Gasteiger partial charge in [-0.15, -0.1) is 0 Å². The first-order valence-corrected chi connectivity index (χ1v) is 6.24. The highest BCUT2D eigenvalue weighted by molar-refractivity contribution is 6.06. The summed E-state index contributed by atoms with van der Waals surface area (Å²) in [7, 11) is 0. The van der Waals surface area contributed by atoms with Crippen molar-refractivity contribution in [2.75, 3.05) is 0 Å². The van der Waals surface area contributed by atoms with Gasteiger partial charge >= 0.3 is 0 Å². The van der Waals surface area contributed by atoms with Gasteiger partial charge in [-0.1, -0.05) is 0 Å². The van der Waals surface area contributed by atoms with Gasteiger partial charge < -0.3 is 5.32 Å². The zero-order valence-electron chi connectivity index (χ0n) is 10.0. The number of likely N-dealkylation sites (tertiary alicyclic amines) is 1. The van der Waals surface area contributed by atoms with Crippen molar-refractivity contribution in [3.63, 3.8) is 0 Å². The lowest BCUT2D eigenvalue weighted by Gasteiger charge is -2.14. The van der Waals surface area contributed by atoms with Gasteiger partial charge in [0.05, 0.1) is 12.5 Å². The minimum atomic E-state index is -0.355. The van der Waals surface area contributed by atoms with E-state index in [1.807, 2.05) is 12.1 Å². The van der Waals surface area contributed by atoms with Crippen LogP contribution in [0.3, 0.4) is 0 Å². The van der Waals surface area contributed by atoms with E-state index in [1.165, 1.54) is 4.90 Å². The molecule has 1 N–H and O–H groups in total. The second kappa shape index (κ2) is 4.49. The Morgan fingerprint density at radius 3 is 2.67 bits per heavy atom. The van der Waals surface area contributed by atoms with E-state index in [0.717, 1.165) is 18.4 Å². The lowest BCUT2D eigenvalue weighted by molar-refractivity contribution is -0.139. The number of nitrogens with one attached hydrogen (secondary N) is 1. The largest absolute Gasteiger partial charge is 0.301 e. The normalized spacial score (nSPS) is 23.8. The van der Waals surface area contributed by atoms with Crippen LogP contribution in [0, 0.1) is 0 Å². The van der Waals surface area contributed by atoms with Gasteiger partial charge in [0.25, 0.3) is 0 Å². The van der Waals surface area contributed by atoms with Gasteiger partial charge in [0.2, 0.25) is 11.8 Å². The predicted molar refractivity (Wildman–Crippen MR) is 64.4 cm³/mol. The van der Waals surface area contributed by atoms with Crippen LogP contribution in [0.4, 0.5) is 0 Å². The second-order valence-electron chi connectivity index (χ2n) is 4.83. The first kappa shape index (κ1) is 11.3. The molecule has 3 rings (SSSR count). The number of aromatic nitrogens is 1. The SMILES string of the molecule is O=C1CC(NCc2ccncc2)C(=O)N1C1CC1. The van der Waals surface area contributed by atoms with E-state index in [-0.39, 0.29) is 23.9 Å². The summed E-state index contributed by atoms with van der Waals surface area (Å²) in [6.07, 6.45) is 5.66. The maximum atomic E-state index is 12.0. The fourth-order valence-corrected chi connectivity index (χ4v) is 2.27. The van der Waals surface area contributed by atoms with Crippen molar-refractivity contribution in [1.82, 2.24) is 15.2 Å². The van der Waals surface area contributed by atoms with Crippen LogP contribution < -0.4 is 5.32 Å². The van der Waals surface area contributed by atoms with Gasteiger partial charge in [-0.2, -0.15) is 0 Å². The molecule has 1 atom stereocenters. The molecule has 2 amide bonds. The molecule has 1 aromatic heterocycles. The quantitative estimate of drug-likeness (QED) is 0.783. The third-order valence-electron chi connectivity index (χ3n) is 3.40. The Labute approximate surface area is 105 Å². The molecule has 5 nitrogen and oxygen atoms in total. The lowest BCUT2D eigenvalue weighted by atomic mass is 10.2. The summed E-state index contributed by atoms with van der Waals surface area (Å²) in [6, 6.07) is 3.61. The number of rotatable bonds is 4. The molecule has 1 aliphatic carbocycles. The van der Waals surface area contributed by atoms with Crippen LogP contribution in [0.25, 0.3) is 0 Å². The van der Waals surface area contributed by atoms with Gasteiger partial charge in [0, 0.05) is 25.0 Å². The highest BCUT2D eigenvalue weighted by Gasteiger charge is 2.45. The first-order valence-electron chi connectivity index (χ1n) is 6.24. The molecule has 2 fully saturated rings. The van der Waals surface area contributed by atoms with E-state index in [4.69, 9.17) is 0 Å². The number of hydrogen-bond donors (Lipinski definition) is 1. The third-order valence-corrected chi connectivity index (χ3v) is 3.40. The van der Waals surface area contributed by atoms with Crippen molar-refractivity contribution in [3.05, 3.63) is 30.1 Å². The molecule has 1 saturated carbocycles. The number of imide groups is 1. The van der Waals surface area contributed by atoms with Gasteiger partial charge in [-0.25, -0.2) is 0 Å². The Morgan fingerprint density at radius 2 is 2.00 bits per heavy atom. The topological polar surface area (TPSA) is 62.3 Å². The zero-order valence-corrected chi connectivity index (χ0v) is 10.0. The van der Waals surface area contributed by atoms with Gasteiger partial charge in [0.15, 0.2) is 0 Å². The van der Waals surface area contributed by atoms with Crippen LogP contribution in [-0.2, 0) is 16.1 Å². The molecule has 0 bridgehead atoms.